The summed E-state index contributed by atoms with van der Waals surface area (Å²) in [6.07, 6.45) is 0. The van der Waals surface area contributed by atoms with Crippen molar-refractivity contribution < 1.29 is 0 Å². The third kappa shape index (κ3) is 2.54. The van der Waals surface area contributed by atoms with Crippen LogP contribution in [0.3, 0.4) is 0 Å². The Labute approximate surface area is 97.0 Å². The topological polar surface area (TPSA) is 36.4 Å². The zero-order valence-electron chi connectivity index (χ0n) is 10.2. The van der Waals surface area contributed by atoms with E-state index in [1.807, 2.05) is 0 Å². The van der Waals surface area contributed by atoms with Crippen molar-refractivity contribution in [2.75, 3.05) is 18.4 Å². The van der Waals surface area contributed by atoms with Crippen molar-refractivity contribution in [1.82, 2.24) is 5.32 Å². The fourth-order valence-corrected chi connectivity index (χ4v) is 1.67. The number of hydrogen-bond donors (Lipinski definition) is 2. The molecular weight excluding hydrogens is 198 g/mol. The Kier molecular flexibility index (Phi) is 2.86. The van der Waals surface area contributed by atoms with Crippen LogP contribution in [0, 0.1) is 0 Å². The van der Waals surface area contributed by atoms with Crippen molar-refractivity contribution in [3.8, 4) is 0 Å². The molecule has 1 aliphatic heterocycles. The Morgan fingerprint density at radius 3 is 2.38 bits per heavy atom. The number of nitrogens with one attached hydrogen (secondary N) is 2. The van der Waals surface area contributed by atoms with Gasteiger partial charge in [-0.2, -0.15) is 0 Å². The molecule has 1 heterocycles. The second-order valence-electron chi connectivity index (χ2n) is 5.11. The van der Waals surface area contributed by atoms with Crippen LogP contribution < -0.4 is 10.6 Å². The highest BCUT2D eigenvalue weighted by Crippen LogP contribution is 2.23. The van der Waals surface area contributed by atoms with Gasteiger partial charge in [0.25, 0.3) is 0 Å². The van der Waals surface area contributed by atoms with Crippen LogP contribution in [0.5, 0.6) is 0 Å². The highest BCUT2D eigenvalue weighted by atomic mass is 15.2. The fraction of sp³-hybridized carbons (Fsp3) is 0.462. The van der Waals surface area contributed by atoms with Crippen LogP contribution in [0.1, 0.15) is 26.3 Å². The van der Waals surface area contributed by atoms with Crippen molar-refractivity contribution in [2.45, 2.75) is 26.2 Å². The van der Waals surface area contributed by atoms with Crippen molar-refractivity contribution in [1.29, 1.82) is 0 Å². The van der Waals surface area contributed by atoms with E-state index >= 15 is 0 Å². The smallest absolute Gasteiger partial charge is 0.195 e. The summed E-state index contributed by atoms with van der Waals surface area (Å²) in [6, 6.07) is 8.53. The lowest BCUT2D eigenvalue weighted by molar-refractivity contribution is 0.590. The van der Waals surface area contributed by atoms with Gasteiger partial charge in [-0.15, -0.1) is 0 Å². The second kappa shape index (κ2) is 4.16. The molecule has 16 heavy (non-hydrogen) atoms. The number of guanidine groups is 1. The van der Waals surface area contributed by atoms with Gasteiger partial charge in [-0.25, -0.2) is 0 Å². The minimum Gasteiger partial charge on any atom is -0.354 e. The molecule has 0 bridgehead atoms. The van der Waals surface area contributed by atoms with Crippen LogP contribution >= 0.6 is 0 Å². The van der Waals surface area contributed by atoms with Gasteiger partial charge in [0.2, 0.25) is 0 Å². The molecule has 2 rings (SSSR count). The predicted molar refractivity (Wildman–Crippen MR) is 69.1 cm³/mol. The molecule has 1 aromatic rings. The molecule has 86 valence electrons. The minimum atomic E-state index is 0.210. The van der Waals surface area contributed by atoms with Gasteiger partial charge in [0.15, 0.2) is 5.96 Å². The number of rotatable bonds is 1. The highest BCUT2D eigenvalue weighted by molar-refractivity contribution is 5.94. The molecule has 0 atom stereocenters. The Bertz CT molecular complexity index is 385. The third-order valence-electron chi connectivity index (χ3n) is 2.69. The quantitative estimate of drug-likeness (QED) is 0.757. The van der Waals surface area contributed by atoms with Crippen molar-refractivity contribution in [2.24, 2.45) is 4.99 Å². The summed E-state index contributed by atoms with van der Waals surface area (Å²) in [5, 5.41) is 6.45. The number of nitrogens with zero attached hydrogens (tertiary/aromatic N) is 1. The van der Waals surface area contributed by atoms with Gasteiger partial charge in [-0.3, -0.25) is 4.99 Å². The predicted octanol–water partition coefficient (Wildman–Crippen LogP) is 2.36. The van der Waals surface area contributed by atoms with Crippen LogP contribution in [0.4, 0.5) is 5.69 Å². The molecule has 1 aliphatic rings. The molecule has 3 nitrogen and oxygen atoms in total. The molecule has 2 N–H and O–H groups in total. The van der Waals surface area contributed by atoms with Gasteiger partial charge < -0.3 is 10.6 Å². The SMILES string of the molecule is CC(C)(C)c1ccc(NC2=NCCN2)cc1. The first kappa shape index (κ1) is 11.0. The number of benzene rings is 1. The maximum Gasteiger partial charge on any atom is 0.195 e. The zero-order valence-corrected chi connectivity index (χ0v) is 10.2. The first-order valence-electron chi connectivity index (χ1n) is 5.71. The van der Waals surface area contributed by atoms with E-state index in [2.05, 4.69) is 60.7 Å². The molecular formula is C13H19N3. The number of hydrogen-bond acceptors (Lipinski definition) is 3. The van der Waals surface area contributed by atoms with Crippen LogP contribution in [-0.4, -0.2) is 19.0 Å². The lowest BCUT2D eigenvalue weighted by Gasteiger charge is -2.19. The largest absolute Gasteiger partial charge is 0.354 e. The first-order valence-corrected chi connectivity index (χ1v) is 5.71. The molecule has 0 unspecified atom stereocenters. The first-order chi connectivity index (χ1) is 7.55. The van der Waals surface area contributed by atoms with E-state index in [9.17, 15) is 0 Å². The van der Waals surface area contributed by atoms with Gasteiger partial charge in [0.05, 0.1) is 6.54 Å². The Balaban J connectivity index is 2.07. The molecule has 0 fully saturated rings. The molecule has 1 aromatic carbocycles. The summed E-state index contributed by atoms with van der Waals surface area (Å²) in [6.45, 7) is 8.46. The van der Waals surface area contributed by atoms with Crippen LogP contribution in [0.2, 0.25) is 0 Å². The second-order valence-corrected chi connectivity index (χ2v) is 5.11. The number of anilines is 1. The lowest BCUT2D eigenvalue weighted by Crippen LogP contribution is -2.26. The van der Waals surface area contributed by atoms with Crippen molar-refractivity contribution in [3.63, 3.8) is 0 Å². The molecule has 0 saturated carbocycles. The van der Waals surface area contributed by atoms with Crippen LogP contribution in [0.15, 0.2) is 29.3 Å². The average Bonchev–Trinajstić information content (AvgIpc) is 2.70. The summed E-state index contributed by atoms with van der Waals surface area (Å²) < 4.78 is 0. The summed E-state index contributed by atoms with van der Waals surface area (Å²) in [4.78, 5) is 4.30. The monoisotopic (exact) mass is 217 g/mol. The average molecular weight is 217 g/mol. The third-order valence-corrected chi connectivity index (χ3v) is 2.69. The normalized spacial score (nSPS) is 15.6. The zero-order chi connectivity index (χ0) is 11.6. The van der Waals surface area contributed by atoms with Crippen LogP contribution in [0.25, 0.3) is 0 Å². The van der Waals surface area contributed by atoms with Gasteiger partial charge in [0, 0.05) is 12.2 Å². The van der Waals surface area contributed by atoms with E-state index in [1.54, 1.807) is 0 Å². The maximum absolute atomic E-state index is 4.30. The molecule has 0 aromatic heterocycles. The number of aliphatic imine (C=N–C) groups is 1. The molecule has 3 heteroatoms. The molecule has 0 spiro atoms. The molecule has 0 aliphatic carbocycles. The fourth-order valence-electron chi connectivity index (χ4n) is 1.67. The minimum absolute atomic E-state index is 0.210. The van der Waals surface area contributed by atoms with E-state index in [-0.39, 0.29) is 5.41 Å². The van der Waals surface area contributed by atoms with E-state index in [0.717, 1.165) is 24.7 Å². The van der Waals surface area contributed by atoms with E-state index < -0.39 is 0 Å². The molecule has 0 amide bonds. The maximum atomic E-state index is 4.30. The standard InChI is InChI=1S/C13H19N3/c1-13(2,3)10-4-6-11(7-5-10)16-12-14-8-9-15-12/h4-7H,8-9H2,1-3H3,(H2,14,15,16). The van der Waals surface area contributed by atoms with Gasteiger partial charge in [0.1, 0.15) is 0 Å². The summed E-state index contributed by atoms with van der Waals surface area (Å²) in [5.41, 5.74) is 2.64. The van der Waals surface area contributed by atoms with Gasteiger partial charge in [-0.1, -0.05) is 32.9 Å². The van der Waals surface area contributed by atoms with Gasteiger partial charge in [-0.05, 0) is 23.1 Å². The Hall–Kier alpha value is -1.51. The summed E-state index contributed by atoms with van der Waals surface area (Å²) >= 11 is 0. The summed E-state index contributed by atoms with van der Waals surface area (Å²) in [7, 11) is 0. The van der Waals surface area contributed by atoms with E-state index in [1.165, 1.54) is 5.56 Å². The Morgan fingerprint density at radius 1 is 1.19 bits per heavy atom. The van der Waals surface area contributed by atoms with Crippen molar-refractivity contribution in [3.05, 3.63) is 29.8 Å². The summed E-state index contributed by atoms with van der Waals surface area (Å²) in [5.74, 6) is 0.878. The highest BCUT2D eigenvalue weighted by Gasteiger charge is 2.13. The van der Waals surface area contributed by atoms with E-state index in [0.29, 0.717) is 0 Å². The lowest BCUT2D eigenvalue weighted by atomic mass is 9.87. The Morgan fingerprint density at radius 2 is 1.88 bits per heavy atom. The molecule has 0 radical (unpaired) electrons. The van der Waals surface area contributed by atoms with E-state index in [4.69, 9.17) is 0 Å². The van der Waals surface area contributed by atoms with Crippen LogP contribution in [-0.2, 0) is 5.41 Å². The van der Waals surface area contributed by atoms with Gasteiger partial charge >= 0.3 is 0 Å². The molecule has 0 saturated heterocycles. The van der Waals surface area contributed by atoms with Crippen molar-refractivity contribution >= 4 is 11.6 Å².